The van der Waals surface area contributed by atoms with Crippen LogP contribution in [0.2, 0.25) is 0 Å². The summed E-state index contributed by atoms with van der Waals surface area (Å²) in [5.41, 5.74) is 12.0. The molecule has 9 heteroatoms. The molecule has 1 spiro atoms. The molecule has 1 saturated heterocycles. The highest BCUT2D eigenvalue weighted by Gasteiger charge is 2.53. The number of aryl methyl sites for hydroxylation is 1. The predicted molar refractivity (Wildman–Crippen MR) is 88.8 cm³/mol. The molecule has 5 N–H and O–H groups in total. The number of amides is 3. The molecule has 1 aliphatic carbocycles. The SMILES string of the molecule is Nc1nc(N)nc(CN2C(=O)N[C@]3(CCCc4ccccc43)C2=O)n1. The van der Waals surface area contributed by atoms with Gasteiger partial charge in [0.2, 0.25) is 11.9 Å². The van der Waals surface area contributed by atoms with Gasteiger partial charge >= 0.3 is 6.03 Å². The Bertz CT molecular complexity index is 864. The van der Waals surface area contributed by atoms with Crippen LogP contribution in [0, 0.1) is 0 Å². The van der Waals surface area contributed by atoms with Crippen LogP contribution in [-0.2, 0) is 23.3 Å². The fourth-order valence-corrected chi connectivity index (χ4v) is 3.62. The molecule has 2 aliphatic rings. The minimum Gasteiger partial charge on any atom is -0.368 e. The molecule has 25 heavy (non-hydrogen) atoms. The number of aromatic nitrogens is 3. The molecule has 2 aromatic rings. The number of rotatable bonds is 2. The number of carbonyl (C=O) groups excluding carboxylic acids is 2. The third-order valence-electron chi connectivity index (χ3n) is 4.67. The second-order valence-corrected chi connectivity index (χ2v) is 6.21. The Labute approximate surface area is 143 Å². The second kappa shape index (κ2) is 5.40. The molecule has 0 bridgehead atoms. The zero-order valence-corrected chi connectivity index (χ0v) is 13.4. The maximum atomic E-state index is 13.1. The summed E-state index contributed by atoms with van der Waals surface area (Å²) in [4.78, 5) is 38.3. The summed E-state index contributed by atoms with van der Waals surface area (Å²) in [6.07, 6.45) is 2.27. The Morgan fingerprint density at radius 2 is 1.84 bits per heavy atom. The fourth-order valence-electron chi connectivity index (χ4n) is 3.62. The van der Waals surface area contributed by atoms with Crippen molar-refractivity contribution in [3.63, 3.8) is 0 Å². The van der Waals surface area contributed by atoms with Gasteiger partial charge in [0.15, 0.2) is 5.82 Å². The molecule has 1 aliphatic heterocycles. The third kappa shape index (κ3) is 2.35. The van der Waals surface area contributed by atoms with Crippen LogP contribution in [0.5, 0.6) is 0 Å². The quantitative estimate of drug-likeness (QED) is 0.669. The van der Waals surface area contributed by atoms with Crippen LogP contribution >= 0.6 is 0 Å². The van der Waals surface area contributed by atoms with Crippen LogP contribution in [0.1, 0.15) is 29.8 Å². The van der Waals surface area contributed by atoms with Crippen LogP contribution < -0.4 is 16.8 Å². The van der Waals surface area contributed by atoms with Gasteiger partial charge in [0.1, 0.15) is 5.54 Å². The molecule has 1 fully saturated rings. The van der Waals surface area contributed by atoms with Gasteiger partial charge in [-0.1, -0.05) is 24.3 Å². The lowest BCUT2D eigenvalue weighted by atomic mass is 9.76. The molecule has 0 unspecified atom stereocenters. The molecule has 3 amide bonds. The van der Waals surface area contributed by atoms with Crippen LogP contribution in [0.3, 0.4) is 0 Å². The van der Waals surface area contributed by atoms with Crippen molar-refractivity contribution in [2.24, 2.45) is 0 Å². The summed E-state index contributed by atoms with van der Waals surface area (Å²) in [7, 11) is 0. The van der Waals surface area contributed by atoms with Gasteiger partial charge in [0, 0.05) is 0 Å². The Balaban J connectivity index is 1.70. The number of nitrogens with one attached hydrogen (secondary N) is 1. The second-order valence-electron chi connectivity index (χ2n) is 6.21. The van der Waals surface area contributed by atoms with E-state index in [2.05, 4.69) is 20.3 Å². The van der Waals surface area contributed by atoms with Gasteiger partial charge in [-0.2, -0.15) is 15.0 Å². The summed E-state index contributed by atoms with van der Waals surface area (Å²) in [6, 6.07) is 7.23. The number of imide groups is 1. The number of anilines is 2. The van der Waals surface area contributed by atoms with E-state index < -0.39 is 11.6 Å². The Kier molecular flexibility index (Phi) is 3.31. The number of fused-ring (bicyclic) bond motifs is 2. The average Bonchev–Trinajstić information content (AvgIpc) is 2.79. The van der Waals surface area contributed by atoms with E-state index in [1.54, 1.807) is 0 Å². The molecular formula is C16H17N7O2. The first-order valence-corrected chi connectivity index (χ1v) is 7.98. The Morgan fingerprint density at radius 1 is 1.12 bits per heavy atom. The molecule has 1 atom stereocenters. The van der Waals surface area contributed by atoms with Crippen molar-refractivity contribution < 1.29 is 9.59 Å². The van der Waals surface area contributed by atoms with E-state index in [1.165, 1.54) is 0 Å². The molecule has 1 aromatic carbocycles. The largest absolute Gasteiger partial charge is 0.368 e. The highest BCUT2D eigenvalue weighted by atomic mass is 16.2. The summed E-state index contributed by atoms with van der Waals surface area (Å²) in [5, 5.41) is 2.88. The number of hydrogen-bond donors (Lipinski definition) is 3. The highest BCUT2D eigenvalue weighted by molar-refractivity contribution is 6.07. The van der Waals surface area contributed by atoms with Gasteiger partial charge < -0.3 is 16.8 Å². The highest BCUT2D eigenvalue weighted by Crippen LogP contribution is 2.40. The zero-order chi connectivity index (χ0) is 17.6. The number of carbonyl (C=O) groups is 2. The summed E-state index contributed by atoms with van der Waals surface area (Å²) in [5.74, 6) is -0.226. The summed E-state index contributed by atoms with van der Waals surface area (Å²) in [6.45, 7) is -0.106. The number of benzene rings is 1. The maximum absolute atomic E-state index is 13.1. The molecule has 1 aromatic heterocycles. The minimum atomic E-state index is -1.02. The van der Waals surface area contributed by atoms with E-state index in [0.29, 0.717) is 6.42 Å². The van der Waals surface area contributed by atoms with E-state index in [0.717, 1.165) is 28.9 Å². The van der Waals surface area contributed by atoms with Gasteiger partial charge in [-0.05, 0) is 30.4 Å². The van der Waals surface area contributed by atoms with Crippen molar-refractivity contribution in [1.82, 2.24) is 25.2 Å². The number of nitrogen functional groups attached to an aromatic ring is 2. The number of urea groups is 1. The molecule has 128 valence electrons. The van der Waals surface area contributed by atoms with Crippen LogP contribution in [0.15, 0.2) is 24.3 Å². The zero-order valence-electron chi connectivity index (χ0n) is 13.4. The van der Waals surface area contributed by atoms with E-state index >= 15 is 0 Å². The fraction of sp³-hybridized carbons (Fsp3) is 0.312. The van der Waals surface area contributed by atoms with Crippen molar-refractivity contribution in [3.05, 3.63) is 41.2 Å². The predicted octanol–water partition coefficient (Wildman–Crippen LogP) is 0.320. The molecule has 2 heterocycles. The topological polar surface area (TPSA) is 140 Å². The Hall–Kier alpha value is -3.23. The third-order valence-corrected chi connectivity index (χ3v) is 4.67. The van der Waals surface area contributed by atoms with E-state index in [1.807, 2.05) is 24.3 Å². The van der Waals surface area contributed by atoms with Gasteiger partial charge in [0.25, 0.3) is 5.91 Å². The van der Waals surface area contributed by atoms with E-state index in [-0.39, 0.29) is 30.2 Å². The lowest BCUT2D eigenvalue weighted by Crippen LogP contribution is -2.46. The summed E-state index contributed by atoms with van der Waals surface area (Å²) < 4.78 is 0. The van der Waals surface area contributed by atoms with Crippen LogP contribution in [-0.4, -0.2) is 31.8 Å². The van der Waals surface area contributed by atoms with Crippen molar-refractivity contribution in [1.29, 1.82) is 0 Å². The first-order valence-electron chi connectivity index (χ1n) is 7.98. The number of nitrogens with zero attached hydrogens (tertiary/aromatic N) is 4. The first-order chi connectivity index (χ1) is 12.0. The molecule has 4 rings (SSSR count). The molecular weight excluding hydrogens is 322 g/mol. The van der Waals surface area contributed by atoms with Gasteiger partial charge in [0.05, 0.1) is 6.54 Å². The van der Waals surface area contributed by atoms with Gasteiger partial charge in [-0.25, -0.2) is 4.79 Å². The van der Waals surface area contributed by atoms with E-state index in [4.69, 9.17) is 11.5 Å². The van der Waals surface area contributed by atoms with Crippen molar-refractivity contribution in [3.8, 4) is 0 Å². The minimum absolute atomic E-state index is 0.0488. The lowest BCUT2D eigenvalue weighted by molar-refractivity contribution is -0.132. The van der Waals surface area contributed by atoms with Crippen LogP contribution in [0.25, 0.3) is 0 Å². The van der Waals surface area contributed by atoms with Crippen molar-refractivity contribution in [2.75, 3.05) is 11.5 Å². The molecule has 0 saturated carbocycles. The monoisotopic (exact) mass is 339 g/mol. The van der Waals surface area contributed by atoms with Gasteiger partial charge in [-0.3, -0.25) is 9.69 Å². The summed E-state index contributed by atoms with van der Waals surface area (Å²) >= 11 is 0. The van der Waals surface area contributed by atoms with Crippen molar-refractivity contribution >= 4 is 23.8 Å². The molecule has 0 radical (unpaired) electrons. The van der Waals surface area contributed by atoms with Gasteiger partial charge in [-0.15, -0.1) is 0 Å². The van der Waals surface area contributed by atoms with Crippen molar-refractivity contribution in [2.45, 2.75) is 31.3 Å². The maximum Gasteiger partial charge on any atom is 0.325 e. The normalized spacial score (nSPS) is 22.2. The first kappa shape index (κ1) is 15.3. The number of nitrogens with two attached hydrogens (primary N) is 2. The smallest absolute Gasteiger partial charge is 0.325 e. The average molecular weight is 339 g/mol. The number of hydrogen-bond acceptors (Lipinski definition) is 7. The Morgan fingerprint density at radius 3 is 2.60 bits per heavy atom. The molecule has 9 nitrogen and oxygen atoms in total. The van der Waals surface area contributed by atoms with E-state index in [9.17, 15) is 9.59 Å². The van der Waals surface area contributed by atoms with Crippen LogP contribution in [0.4, 0.5) is 16.7 Å². The standard InChI is InChI=1S/C16H17N7O2/c17-13-19-11(20-14(18)21-13)8-23-12(24)16(22-15(23)25)7-3-5-9-4-1-2-6-10(9)16/h1-2,4,6H,3,5,7-8H2,(H,22,25)(H4,17,18,19,20,21)/t16-/m0/s1. The lowest BCUT2D eigenvalue weighted by Gasteiger charge is -2.33.